The van der Waals surface area contributed by atoms with Crippen molar-refractivity contribution in [3.63, 3.8) is 0 Å². The van der Waals surface area contributed by atoms with Crippen molar-refractivity contribution in [2.45, 2.75) is 6.61 Å². The van der Waals surface area contributed by atoms with E-state index in [9.17, 15) is 0 Å². The summed E-state index contributed by atoms with van der Waals surface area (Å²) < 4.78 is 6.46. The molecule has 0 unspecified atom stereocenters. The van der Waals surface area contributed by atoms with Crippen LogP contribution in [0.25, 0.3) is 0 Å². The zero-order chi connectivity index (χ0) is 13.0. The quantitative estimate of drug-likeness (QED) is 0.830. The second-order valence-electron chi connectivity index (χ2n) is 3.70. The van der Waals surface area contributed by atoms with Gasteiger partial charge in [0.2, 0.25) is 0 Å². The molecule has 0 aliphatic carbocycles. The summed E-state index contributed by atoms with van der Waals surface area (Å²) in [5.41, 5.74) is 1.59. The maximum atomic E-state index is 8.86. The van der Waals surface area contributed by atoms with E-state index in [4.69, 9.17) is 21.6 Å². The van der Waals surface area contributed by atoms with Crippen molar-refractivity contribution >= 4 is 27.5 Å². The lowest BCUT2D eigenvalue weighted by atomic mass is 10.2. The van der Waals surface area contributed by atoms with E-state index >= 15 is 0 Å². The summed E-state index contributed by atoms with van der Waals surface area (Å²) >= 11 is 9.15. The van der Waals surface area contributed by atoms with Gasteiger partial charge in [-0.1, -0.05) is 39.7 Å². The summed E-state index contributed by atoms with van der Waals surface area (Å²) in [7, 11) is 0. The number of rotatable bonds is 3. The molecule has 18 heavy (non-hydrogen) atoms. The molecule has 0 fully saturated rings. The third-order valence-electron chi connectivity index (χ3n) is 2.32. The lowest BCUT2D eigenvalue weighted by Gasteiger charge is -2.07. The highest BCUT2D eigenvalue weighted by molar-refractivity contribution is 9.10. The Morgan fingerprint density at radius 1 is 1.17 bits per heavy atom. The predicted molar refractivity (Wildman–Crippen MR) is 74.6 cm³/mol. The summed E-state index contributed by atoms with van der Waals surface area (Å²) in [5, 5.41) is 9.56. The molecule has 90 valence electrons. The predicted octanol–water partition coefficient (Wildman–Crippen LogP) is 4.55. The average Bonchev–Trinajstić information content (AvgIpc) is 2.37. The normalized spacial score (nSPS) is 9.83. The Morgan fingerprint density at radius 2 is 1.89 bits per heavy atom. The maximum absolute atomic E-state index is 8.86. The van der Waals surface area contributed by atoms with Crippen LogP contribution in [0, 0.1) is 11.3 Å². The summed E-state index contributed by atoms with van der Waals surface area (Å²) in [6.07, 6.45) is 0. The largest absolute Gasteiger partial charge is 0.489 e. The van der Waals surface area contributed by atoms with Crippen LogP contribution in [0.5, 0.6) is 5.75 Å². The molecule has 0 aliphatic rings. The lowest BCUT2D eigenvalue weighted by molar-refractivity contribution is 0.306. The zero-order valence-electron chi connectivity index (χ0n) is 9.36. The topological polar surface area (TPSA) is 33.0 Å². The highest BCUT2D eigenvalue weighted by Gasteiger charge is 2.01. The molecule has 4 heteroatoms. The van der Waals surface area contributed by atoms with Crippen molar-refractivity contribution < 1.29 is 4.74 Å². The molecule has 0 bridgehead atoms. The molecule has 2 nitrogen and oxygen atoms in total. The molecule has 0 saturated carbocycles. The van der Waals surface area contributed by atoms with Gasteiger partial charge in [-0.25, -0.2) is 0 Å². The Labute approximate surface area is 119 Å². The van der Waals surface area contributed by atoms with E-state index in [1.165, 1.54) is 0 Å². The number of hydrogen-bond acceptors (Lipinski definition) is 2. The molecule has 0 N–H and O–H groups in total. The maximum Gasteiger partial charge on any atom is 0.122 e. The Balaban J connectivity index is 2.08. The number of hydrogen-bond donors (Lipinski definition) is 0. The van der Waals surface area contributed by atoms with E-state index in [1.807, 2.05) is 30.3 Å². The molecular formula is C14H9BrClNO. The SMILES string of the molecule is N#Cc1cc(Br)cc(OCc2ccc(Cl)cc2)c1. The Morgan fingerprint density at radius 3 is 2.56 bits per heavy atom. The van der Waals surface area contributed by atoms with E-state index in [1.54, 1.807) is 12.1 Å². The Kier molecular flexibility index (Phi) is 4.24. The van der Waals surface area contributed by atoms with Gasteiger partial charge in [0.25, 0.3) is 0 Å². The molecule has 2 rings (SSSR count). The zero-order valence-corrected chi connectivity index (χ0v) is 11.7. The van der Waals surface area contributed by atoms with Gasteiger partial charge >= 0.3 is 0 Å². The molecule has 0 atom stereocenters. The number of ether oxygens (including phenoxy) is 1. The molecule has 0 spiro atoms. The minimum Gasteiger partial charge on any atom is -0.489 e. The molecule has 0 amide bonds. The Bertz CT molecular complexity index is 590. The van der Waals surface area contributed by atoms with Crippen LogP contribution in [0.3, 0.4) is 0 Å². The monoisotopic (exact) mass is 321 g/mol. The molecule has 0 heterocycles. The van der Waals surface area contributed by atoms with E-state index in [0.717, 1.165) is 10.0 Å². The number of nitriles is 1. The third kappa shape index (κ3) is 3.49. The molecule has 0 aliphatic heterocycles. The Hall–Kier alpha value is -1.50. The fourth-order valence-electron chi connectivity index (χ4n) is 1.46. The van der Waals surface area contributed by atoms with Crippen LogP contribution in [-0.4, -0.2) is 0 Å². The van der Waals surface area contributed by atoms with Crippen LogP contribution in [0.2, 0.25) is 5.02 Å². The molecule has 2 aromatic rings. The van der Waals surface area contributed by atoms with Gasteiger partial charge in [0.1, 0.15) is 12.4 Å². The summed E-state index contributed by atoms with van der Waals surface area (Å²) in [6.45, 7) is 0.443. The van der Waals surface area contributed by atoms with Gasteiger partial charge in [0, 0.05) is 9.50 Å². The number of benzene rings is 2. The second kappa shape index (κ2) is 5.90. The molecule has 0 radical (unpaired) electrons. The van der Waals surface area contributed by atoms with Crippen LogP contribution in [0.4, 0.5) is 0 Å². The summed E-state index contributed by atoms with van der Waals surface area (Å²) in [6, 6.07) is 14.8. The van der Waals surface area contributed by atoms with Gasteiger partial charge in [-0.15, -0.1) is 0 Å². The van der Waals surface area contributed by atoms with Crippen LogP contribution < -0.4 is 4.74 Å². The lowest BCUT2D eigenvalue weighted by Crippen LogP contribution is -1.95. The average molecular weight is 323 g/mol. The number of halogens is 2. The third-order valence-corrected chi connectivity index (χ3v) is 3.03. The van der Waals surface area contributed by atoms with Gasteiger partial charge in [-0.05, 0) is 35.9 Å². The van der Waals surface area contributed by atoms with Crippen molar-refractivity contribution in [1.82, 2.24) is 0 Å². The van der Waals surface area contributed by atoms with Gasteiger partial charge < -0.3 is 4.74 Å². The van der Waals surface area contributed by atoms with Gasteiger partial charge in [-0.3, -0.25) is 0 Å². The minimum atomic E-state index is 0.443. The van der Waals surface area contributed by atoms with Gasteiger partial charge in [0.05, 0.1) is 11.6 Å². The second-order valence-corrected chi connectivity index (χ2v) is 5.05. The first-order valence-electron chi connectivity index (χ1n) is 5.25. The minimum absolute atomic E-state index is 0.443. The summed E-state index contributed by atoms with van der Waals surface area (Å²) in [5.74, 6) is 0.663. The molecule has 0 aromatic heterocycles. The van der Waals surface area contributed by atoms with Crippen LogP contribution in [0.15, 0.2) is 46.9 Å². The fourth-order valence-corrected chi connectivity index (χ4v) is 2.06. The first-order valence-corrected chi connectivity index (χ1v) is 6.42. The molecule has 2 aromatic carbocycles. The molecule has 0 saturated heterocycles. The number of nitrogens with zero attached hydrogens (tertiary/aromatic N) is 1. The van der Waals surface area contributed by atoms with E-state index < -0.39 is 0 Å². The van der Waals surface area contributed by atoms with Crippen molar-refractivity contribution in [1.29, 1.82) is 5.26 Å². The highest BCUT2D eigenvalue weighted by Crippen LogP contribution is 2.22. The van der Waals surface area contributed by atoms with Gasteiger partial charge in [0.15, 0.2) is 0 Å². The smallest absolute Gasteiger partial charge is 0.122 e. The van der Waals surface area contributed by atoms with Crippen LogP contribution in [-0.2, 0) is 6.61 Å². The van der Waals surface area contributed by atoms with Crippen LogP contribution in [0.1, 0.15) is 11.1 Å². The van der Waals surface area contributed by atoms with Gasteiger partial charge in [-0.2, -0.15) is 5.26 Å². The first kappa shape index (κ1) is 12.9. The van der Waals surface area contributed by atoms with Crippen molar-refractivity contribution in [2.24, 2.45) is 0 Å². The van der Waals surface area contributed by atoms with Crippen molar-refractivity contribution in [3.8, 4) is 11.8 Å². The van der Waals surface area contributed by atoms with Crippen LogP contribution >= 0.6 is 27.5 Å². The molecular weight excluding hydrogens is 314 g/mol. The van der Waals surface area contributed by atoms with Crippen molar-refractivity contribution in [2.75, 3.05) is 0 Å². The van der Waals surface area contributed by atoms with E-state index in [-0.39, 0.29) is 0 Å². The fraction of sp³-hybridized carbons (Fsp3) is 0.0714. The summed E-state index contributed by atoms with van der Waals surface area (Å²) in [4.78, 5) is 0. The first-order chi connectivity index (χ1) is 8.67. The van der Waals surface area contributed by atoms with E-state index in [0.29, 0.717) is 22.9 Å². The van der Waals surface area contributed by atoms with Crippen molar-refractivity contribution in [3.05, 3.63) is 63.1 Å². The van der Waals surface area contributed by atoms with E-state index in [2.05, 4.69) is 22.0 Å². The standard InChI is InChI=1S/C14H9BrClNO/c15-12-5-11(8-17)6-14(7-12)18-9-10-1-3-13(16)4-2-10/h1-7H,9H2. The highest BCUT2D eigenvalue weighted by atomic mass is 79.9.